The fourth-order valence-corrected chi connectivity index (χ4v) is 2.21. The molecule has 0 radical (unpaired) electrons. The number of nitrogens with two attached hydrogens (primary N) is 1. The van der Waals surface area contributed by atoms with E-state index in [0.29, 0.717) is 34.8 Å². The first-order chi connectivity index (χ1) is 7.65. The molecule has 0 saturated heterocycles. The van der Waals surface area contributed by atoms with Crippen LogP contribution in [-0.2, 0) is 17.6 Å². The lowest BCUT2D eigenvalue weighted by molar-refractivity contribution is -0.115. The molecule has 1 fully saturated rings. The highest BCUT2D eigenvalue weighted by Crippen LogP contribution is 2.38. The molecule has 0 unspecified atom stereocenters. The molecule has 1 heterocycles. The van der Waals surface area contributed by atoms with Crippen molar-refractivity contribution in [1.29, 1.82) is 0 Å². The third-order valence-corrected chi connectivity index (χ3v) is 3.29. The Morgan fingerprint density at radius 1 is 1.50 bits per heavy atom. The lowest BCUT2D eigenvalue weighted by Gasteiger charge is -2.10. The van der Waals surface area contributed by atoms with E-state index in [1.807, 2.05) is 0 Å². The van der Waals surface area contributed by atoms with Crippen molar-refractivity contribution >= 4 is 17.3 Å². The molecular formula is C12H13FN2O. The second-order valence-electron chi connectivity index (χ2n) is 4.66. The maximum Gasteiger partial charge on any atom is 0.228 e. The second kappa shape index (κ2) is 3.20. The molecule has 1 aromatic rings. The Kier molecular flexibility index (Phi) is 1.93. The molecule has 0 atom stereocenters. The molecule has 0 bridgehead atoms. The van der Waals surface area contributed by atoms with Crippen molar-refractivity contribution < 1.29 is 9.18 Å². The quantitative estimate of drug-likeness (QED) is 0.747. The van der Waals surface area contributed by atoms with E-state index in [1.165, 1.54) is 0 Å². The standard InChI is InChI=1S/C12H13FN2O/c13-11-8(3-6-1-2-6)9(14)4-7-5-10(16)15-12(7)11/h4,6H,1-3,5,14H2,(H,15,16). The number of halogens is 1. The Labute approximate surface area is 92.8 Å². The highest BCUT2D eigenvalue weighted by atomic mass is 19.1. The summed E-state index contributed by atoms with van der Waals surface area (Å²) < 4.78 is 14.1. The number of hydrogen-bond donors (Lipinski definition) is 2. The molecule has 0 aromatic heterocycles. The maximum absolute atomic E-state index is 14.1. The van der Waals surface area contributed by atoms with E-state index in [9.17, 15) is 9.18 Å². The minimum absolute atomic E-state index is 0.156. The van der Waals surface area contributed by atoms with Crippen LogP contribution in [0.4, 0.5) is 15.8 Å². The minimum Gasteiger partial charge on any atom is -0.398 e. The van der Waals surface area contributed by atoms with Crippen LogP contribution in [0.2, 0.25) is 0 Å². The zero-order valence-electron chi connectivity index (χ0n) is 8.85. The Hall–Kier alpha value is -1.58. The van der Waals surface area contributed by atoms with Crippen molar-refractivity contribution in [1.82, 2.24) is 0 Å². The number of hydrogen-bond acceptors (Lipinski definition) is 2. The summed E-state index contributed by atoms with van der Waals surface area (Å²) in [6, 6.07) is 1.73. The monoisotopic (exact) mass is 220 g/mol. The molecule has 1 aliphatic carbocycles. The highest BCUT2D eigenvalue weighted by Gasteiger charge is 2.29. The summed E-state index contributed by atoms with van der Waals surface area (Å²) in [5.41, 5.74) is 7.92. The van der Waals surface area contributed by atoms with Crippen LogP contribution in [0.25, 0.3) is 0 Å². The van der Waals surface area contributed by atoms with Crippen molar-refractivity contribution in [2.24, 2.45) is 5.92 Å². The van der Waals surface area contributed by atoms with Gasteiger partial charge in [0.1, 0.15) is 0 Å². The van der Waals surface area contributed by atoms with Crippen LogP contribution in [0.5, 0.6) is 0 Å². The molecule has 2 aliphatic rings. The molecular weight excluding hydrogens is 207 g/mol. The van der Waals surface area contributed by atoms with E-state index >= 15 is 0 Å². The first-order valence-corrected chi connectivity index (χ1v) is 5.54. The molecule has 3 N–H and O–H groups in total. The zero-order valence-corrected chi connectivity index (χ0v) is 8.85. The summed E-state index contributed by atoms with van der Waals surface area (Å²) in [7, 11) is 0. The Morgan fingerprint density at radius 2 is 2.25 bits per heavy atom. The maximum atomic E-state index is 14.1. The van der Waals surface area contributed by atoms with Crippen LogP contribution in [0, 0.1) is 11.7 Å². The van der Waals surface area contributed by atoms with Gasteiger partial charge in [0, 0.05) is 11.3 Å². The van der Waals surface area contributed by atoms with E-state index in [1.54, 1.807) is 6.07 Å². The lowest BCUT2D eigenvalue weighted by atomic mass is 10.0. The van der Waals surface area contributed by atoms with E-state index in [2.05, 4.69) is 5.32 Å². The minimum atomic E-state index is -0.326. The van der Waals surface area contributed by atoms with Gasteiger partial charge in [-0.05, 0) is 36.8 Å². The Morgan fingerprint density at radius 3 is 2.94 bits per heavy atom. The van der Waals surface area contributed by atoms with Gasteiger partial charge in [-0.1, -0.05) is 0 Å². The topological polar surface area (TPSA) is 55.1 Å². The lowest BCUT2D eigenvalue weighted by Crippen LogP contribution is -2.06. The summed E-state index contributed by atoms with van der Waals surface area (Å²) in [5, 5.41) is 2.56. The van der Waals surface area contributed by atoms with Gasteiger partial charge in [-0.2, -0.15) is 0 Å². The van der Waals surface area contributed by atoms with E-state index in [0.717, 1.165) is 12.8 Å². The smallest absolute Gasteiger partial charge is 0.228 e. The van der Waals surface area contributed by atoms with E-state index in [-0.39, 0.29) is 18.1 Å². The summed E-state index contributed by atoms with van der Waals surface area (Å²) in [4.78, 5) is 11.2. The number of nitrogens with one attached hydrogen (secondary N) is 1. The average Bonchev–Trinajstić information content (AvgIpc) is 2.96. The summed E-state index contributed by atoms with van der Waals surface area (Å²) in [6.07, 6.45) is 3.24. The number of amides is 1. The van der Waals surface area contributed by atoms with Crippen LogP contribution in [0.1, 0.15) is 24.0 Å². The van der Waals surface area contributed by atoms with Crippen LogP contribution in [0.15, 0.2) is 6.07 Å². The van der Waals surface area contributed by atoms with Crippen LogP contribution >= 0.6 is 0 Å². The summed E-state index contributed by atoms with van der Waals surface area (Å²) >= 11 is 0. The predicted molar refractivity (Wildman–Crippen MR) is 59.6 cm³/mol. The summed E-state index contributed by atoms with van der Waals surface area (Å²) in [6.45, 7) is 0. The van der Waals surface area contributed by atoms with Crippen LogP contribution < -0.4 is 11.1 Å². The van der Waals surface area contributed by atoms with Gasteiger partial charge in [0.25, 0.3) is 0 Å². The van der Waals surface area contributed by atoms with Crippen molar-refractivity contribution in [2.45, 2.75) is 25.7 Å². The van der Waals surface area contributed by atoms with Crippen LogP contribution in [0.3, 0.4) is 0 Å². The second-order valence-corrected chi connectivity index (χ2v) is 4.66. The molecule has 84 valence electrons. The predicted octanol–water partition coefficient (Wildman–Crippen LogP) is 1.85. The van der Waals surface area contributed by atoms with E-state index < -0.39 is 0 Å². The van der Waals surface area contributed by atoms with Crippen molar-refractivity contribution in [3.8, 4) is 0 Å². The van der Waals surface area contributed by atoms with Gasteiger partial charge in [-0.15, -0.1) is 0 Å². The molecule has 1 aromatic carbocycles. The molecule has 3 rings (SSSR count). The van der Waals surface area contributed by atoms with Gasteiger partial charge in [-0.3, -0.25) is 4.79 Å². The molecule has 1 saturated carbocycles. The molecule has 4 heteroatoms. The SMILES string of the molecule is Nc1cc2c(c(F)c1CC1CC1)NC(=O)C2. The number of benzene rings is 1. The number of anilines is 2. The van der Waals surface area contributed by atoms with Gasteiger partial charge in [0.15, 0.2) is 5.82 Å². The van der Waals surface area contributed by atoms with Gasteiger partial charge in [0.05, 0.1) is 12.1 Å². The molecule has 0 spiro atoms. The third-order valence-electron chi connectivity index (χ3n) is 3.29. The van der Waals surface area contributed by atoms with Gasteiger partial charge in [-0.25, -0.2) is 4.39 Å². The number of carbonyl (C=O) groups is 1. The largest absolute Gasteiger partial charge is 0.398 e. The molecule has 3 nitrogen and oxygen atoms in total. The first kappa shape index (κ1) is 9.63. The van der Waals surface area contributed by atoms with Crippen molar-refractivity contribution in [3.05, 3.63) is 23.0 Å². The van der Waals surface area contributed by atoms with Crippen molar-refractivity contribution in [3.63, 3.8) is 0 Å². The van der Waals surface area contributed by atoms with Crippen molar-refractivity contribution in [2.75, 3.05) is 11.1 Å². The van der Waals surface area contributed by atoms with Crippen LogP contribution in [-0.4, -0.2) is 5.91 Å². The average molecular weight is 220 g/mol. The van der Waals surface area contributed by atoms with Gasteiger partial charge < -0.3 is 11.1 Å². The third kappa shape index (κ3) is 1.45. The van der Waals surface area contributed by atoms with Gasteiger partial charge in [0.2, 0.25) is 5.91 Å². The number of carbonyl (C=O) groups excluding carboxylic acids is 1. The zero-order chi connectivity index (χ0) is 11.3. The number of fused-ring (bicyclic) bond motifs is 1. The molecule has 1 aliphatic heterocycles. The Balaban J connectivity index is 2.05. The highest BCUT2D eigenvalue weighted by molar-refractivity contribution is 6.00. The molecule has 16 heavy (non-hydrogen) atoms. The first-order valence-electron chi connectivity index (χ1n) is 5.54. The fourth-order valence-electron chi connectivity index (χ4n) is 2.21. The number of rotatable bonds is 2. The normalized spacial score (nSPS) is 18.4. The summed E-state index contributed by atoms with van der Waals surface area (Å²) in [5.74, 6) is 0.0941. The van der Waals surface area contributed by atoms with E-state index in [4.69, 9.17) is 5.73 Å². The number of nitrogen functional groups attached to an aromatic ring is 1. The molecule has 1 amide bonds. The Bertz CT molecular complexity index is 480. The van der Waals surface area contributed by atoms with Gasteiger partial charge >= 0.3 is 0 Å². The fraction of sp³-hybridized carbons (Fsp3) is 0.417.